The lowest BCUT2D eigenvalue weighted by Gasteiger charge is -2.31. The average Bonchev–Trinajstić information content (AvgIpc) is 2.79. The molecule has 1 N–H and O–H groups in total. The molecule has 2 amide bonds. The van der Waals surface area contributed by atoms with Crippen LogP contribution < -0.4 is 14.8 Å². The minimum absolute atomic E-state index is 0.129. The number of ether oxygens (including phenoxy) is 2. The van der Waals surface area contributed by atoms with Crippen molar-refractivity contribution < 1.29 is 19.1 Å². The smallest absolute Gasteiger partial charge is 0.261 e. The summed E-state index contributed by atoms with van der Waals surface area (Å²) in [5.74, 6) is 0.682. The normalized spacial score (nSPS) is 11.5. The molecule has 2 aromatic carbocycles. The van der Waals surface area contributed by atoms with Crippen molar-refractivity contribution in [3.63, 3.8) is 0 Å². The van der Waals surface area contributed by atoms with Gasteiger partial charge in [0.2, 0.25) is 5.91 Å². The van der Waals surface area contributed by atoms with E-state index in [1.54, 1.807) is 24.1 Å². The number of nitrogens with one attached hydrogen (secondary N) is 1. The molecule has 0 fully saturated rings. The van der Waals surface area contributed by atoms with Gasteiger partial charge < -0.3 is 19.7 Å². The standard InChI is InChI=1S/C25H34N2O4/c1-5-7-16-26-25(29)21(6-2)27(17-20-13-9-8-12-19(20)3)24(28)18-31-23-15-11-10-14-22(23)30-4/h8-15,21H,5-7,16-18H2,1-4H3,(H,26,29)/t21-/m0/s1. The number of aryl methyl sites for hydroxylation is 1. The van der Waals surface area contributed by atoms with Crippen molar-refractivity contribution in [1.82, 2.24) is 10.2 Å². The second kappa shape index (κ2) is 12.6. The summed E-state index contributed by atoms with van der Waals surface area (Å²) in [5, 5.41) is 2.97. The van der Waals surface area contributed by atoms with Gasteiger partial charge in [-0.25, -0.2) is 0 Å². The van der Waals surface area contributed by atoms with Crippen molar-refractivity contribution in [2.45, 2.75) is 52.6 Å². The van der Waals surface area contributed by atoms with E-state index in [4.69, 9.17) is 9.47 Å². The molecule has 0 aliphatic heterocycles. The molecule has 0 radical (unpaired) electrons. The summed E-state index contributed by atoms with van der Waals surface area (Å²) in [6, 6.07) is 14.5. The number of benzene rings is 2. The predicted octanol–water partition coefficient (Wildman–Crippen LogP) is 4.11. The van der Waals surface area contributed by atoms with Crippen molar-refractivity contribution in [3.05, 3.63) is 59.7 Å². The van der Waals surface area contributed by atoms with Crippen LogP contribution in [0.5, 0.6) is 11.5 Å². The third kappa shape index (κ3) is 7.02. The number of hydrogen-bond acceptors (Lipinski definition) is 4. The SMILES string of the molecule is CCCCNC(=O)[C@H](CC)N(Cc1ccccc1C)C(=O)COc1ccccc1OC. The predicted molar refractivity (Wildman–Crippen MR) is 122 cm³/mol. The lowest BCUT2D eigenvalue weighted by atomic mass is 10.1. The number of unbranched alkanes of at least 4 members (excludes halogenated alkanes) is 1. The summed E-state index contributed by atoms with van der Waals surface area (Å²) >= 11 is 0. The Bertz CT molecular complexity index is 853. The maximum absolute atomic E-state index is 13.2. The Morgan fingerprint density at radius 2 is 1.71 bits per heavy atom. The van der Waals surface area contributed by atoms with Gasteiger partial charge in [0, 0.05) is 13.1 Å². The molecule has 0 saturated heterocycles. The van der Waals surface area contributed by atoms with Gasteiger partial charge >= 0.3 is 0 Å². The Labute approximate surface area is 185 Å². The highest BCUT2D eigenvalue weighted by Gasteiger charge is 2.29. The van der Waals surface area contributed by atoms with Crippen molar-refractivity contribution >= 4 is 11.8 Å². The summed E-state index contributed by atoms with van der Waals surface area (Å²) in [5.41, 5.74) is 2.08. The van der Waals surface area contributed by atoms with Crippen LogP contribution in [0.15, 0.2) is 48.5 Å². The second-order valence-corrected chi connectivity index (χ2v) is 7.46. The number of rotatable bonds is 12. The van der Waals surface area contributed by atoms with Crippen molar-refractivity contribution in [2.24, 2.45) is 0 Å². The lowest BCUT2D eigenvalue weighted by molar-refractivity contribution is -0.143. The first-order chi connectivity index (χ1) is 15.0. The van der Waals surface area contributed by atoms with E-state index >= 15 is 0 Å². The number of amides is 2. The first-order valence-corrected chi connectivity index (χ1v) is 10.9. The van der Waals surface area contributed by atoms with Gasteiger partial charge in [-0.1, -0.05) is 56.7 Å². The van der Waals surface area contributed by atoms with Gasteiger partial charge in [0.1, 0.15) is 6.04 Å². The topological polar surface area (TPSA) is 67.9 Å². The van der Waals surface area contributed by atoms with Gasteiger partial charge in [0.25, 0.3) is 5.91 Å². The first kappa shape index (κ1) is 24.3. The van der Waals surface area contributed by atoms with E-state index < -0.39 is 6.04 Å². The van der Waals surface area contributed by atoms with Crippen LogP contribution in [0.25, 0.3) is 0 Å². The summed E-state index contributed by atoms with van der Waals surface area (Å²) in [6.45, 7) is 6.78. The highest BCUT2D eigenvalue weighted by Crippen LogP contribution is 2.26. The zero-order chi connectivity index (χ0) is 22.6. The number of nitrogens with zero attached hydrogens (tertiary/aromatic N) is 1. The van der Waals surface area contributed by atoms with E-state index in [1.807, 2.05) is 50.2 Å². The number of methoxy groups -OCH3 is 1. The van der Waals surface area contributed by atoms with Crippen LogP contribution in [0.1, 0.15) is 44.2 Å². The summed E-state index contributed by atoms with van der Waals surface area (Å²) in [4.78, 5) is 27.7. The number of carbonyl (C=O) groups excluding carboxylic acids is 2. The monoisotopic (exact) mass is 426 g/mol. The molecular weight excluding hydrogens is 392 g/mol. The number of carbonyl (C=O) groups is 2. The highest BCUT2D eigenvalue weighted by atomic mass is 16.5. The van der Waals surface area contributed by atoms with Gasteiger partial charge in [0.15, 0.2) is 18.1 Å². The molecule has 168 valence electrons. The van der Waals surface area contributed by atoms with Gasteiger partial charge in [-0.2, -0.15) is 0 Å². The minimum Gasteiger partial charge on any atom is -0.493 e. The van der Waals surface area contributed by atoms with E-state index in [-0.39, 0.29) is 18.4 Å². The van der Waals surface area contributed by atoms with Crippen LogP contribution in [0, 0.1) is 6.92 Å². The first-order valence-electron chi connectivity index (χ1n) is 10.9. The minimum atomic E-state index is -0.565. The van der Waals surface area contributed by atoms with E-state index in [2.05, 4.69) is 12.2 Å². The molecule has 0 saturated carbocycles. The quantitative estimate of drug-likeness (QED) is 0.519. The molecular formula is C25H34N2O4. The molecule has 2 aromatic rings. The Balaban J connectivity index is 2.21. The number of para-hydroxylation sites is 2. The molecule has 0 heterocycles. The second-order valence-electron chi connectivity index (χ2n) is 7.46. The Morgan fingerprint density at radius 1 is 1.03 bits per heavy atom. The molecule has 0 aliphatic carbocycles. The van der Waals surface area contributed by atoms with E-state index in [0.29, 0.717) is 31.0 Å². The van der Waals surface area contributed by atoms with Gasteiger partial charge in [-0.05, 0) is 43.0 Å². The van der Waals surface area contributed by atoms with Crippen LogP contribution in [0.4, 0.5) is 0 Å². The fraction of sp³-hybridized carbons (Fsp3) is 0.440. The lowest BCUT2D eigenvalue weighted by Crippen LogP contribution is -2.50. The summed E-state index contributed by atoms with van der Waals surface area (Å²) < 4.78 is 11.1. The van der Waals surface area contributed by atoms with Gasteiger partial charge in [-0.3, -0.25) is 9.59 Å². The zero-order valence-corrected chi connectivity index (χ0v) is 19.0. The number of hydrogen-bond donors (Lipinski definition) is 1. The molecule has 6 nitrogen and oxygen atoms in total. The van der Waals surface area contributed by atoms with Crippen LogP contribution in [0.2, 0.25) is 0 Å². The van der Waals surface area contributed by atoms with E-state index in [0.717, 1.165) is 24.0 Å². The Morgan fingerprint density at radius 3 is 2.35 bits per heavy atom. The van der Waals surface area contributed by atoms with Gasteiger partial charge in [-0.15, -0.1) is 0 Å². The molecule has 31 heavy (non-hydrogen) atoms. The van der Waals surface area contributed by atoms with Crippen LogP contribution in [0.3, 0.4) is 0 Å². The molecule has 0 spiro atoms. The molecule has 1 atom stereocenters. The third-order valence-electron chi connectivity index (χ3n) is 5.24. The highest BCUT2D eigenvalue weighted by molar-refractivity contribution is 5.88. The maximum atomic E-state index is 13.2. The Kier molecular flexibility index (Phi) is 9.88. The summed E-state index contributed by atoms with van der Waals surface area (Å²) in [6.07, 6.45) is 2.42. The van der Waals surface area contributed by atoms with Crippen LogP contribution in [-0.2, 0) is 16.1 Å². The van der Waals surface area contributed by atoms with Crippen molar-refractivity contribution in [1.29, 1.82) is 0 Å². The van der Waals surface area contributed by atoms with Crippen LogP contribution in [-0.4, -0.2) is 43.0 Å². The molecule has 0 aliphatic rings. The van der Waals surface area contributed by atoms with Crippen LogP contribution >= 0.6 is 0 Å². The fourth-order valence-electron chi connectivity index (χ4n) is 3.36. The molecule has 2 rings (SSSR count). The molecule has 6 heteroatoms. The van der Waals surface area contributed by atoms with Crippen molar-refractivity contribution in [2.75, 3.05) is 20.3 Å². The fourth-order valence-corrected chi connectivity index (χ4v) is 3.36. The van der Waals surface area contributed by atoms with Crippen molar-refractivity contribution in [3.8, 4) is 11.5 Å². The average molecular weight is 427 g/mol. The summed E-state index contributed by atoms with van der Waals surface area (Å²) in [7, 11) is 1.56. The molecule has 0 aromatic heterocycles. The zero-order valence-electron chi connectivity index (χ0n) is 19.0. The Hall–Kier alpha value is -3.02. The third-order valence-corrected chi connectivity index (χ3v) is 5.24. The van der Waals surface area contributed by atoms with Gasteiger partial charge in [0.05, 0.1) is 7.11 Å². The maximum Gasteiger partial charge on any atom is 0.261 e. The van der Waals surface area contributed by atoms with E-state index in [9.17, 15) is 9.59 Å². The largest absolute Gasteiger partial charge is 0.493 e. The van der Waals surface area contributed by atoms with E-state index in [1.165, 1.54) is 0 Å². The molecule has 0 unspecified atom stereocenters. The molecule has 0 bridgehead atoms.